The highest BCUT2D eigenvalue weighted by atomic mass is 31.2. The van der Waals surface area contributed by atoms with Crippen LogP contribution in [0.5, 0.6) is 0 Å². The van der Waals surface area contributed by atoms with Gasteiger partial charge in [0.2, 0.25) is 5.91 Å². The summed E-state index contributed by atoms with van der Waals surface area (Å²) in [6.07, 6.45) is 70.1. The van der Waals surface area contributed by atoms with Crippen LogP contribution in [0, 0.1) is 0 Å². The van der Waals surface area contributed by atoms with Gasteiger partial charge < -0.3 is 19.8 Å². The van der Waals surface area contributed by atoms with Crippen molar-refractivity contribution in [3.05, 3.63) is 122 Å². The normalized spacial score (nSPS) is 15.1. The molecule has 0 aliphatic heterocycles. The number of phosphoric acid groups is 1. The molecule has 0 spiro atoms. The van der Waals surface area contributed by atoms with Crippen LogP contribution in [0.4, 0.5) is 0 Å². The van der Waals surface area contributed by atoms with Crippen LogP contribution in [-0.4, -0.2) is 73.4 Å². The number of nitrogens with zero attached hydrogens (tertiary/aromatic N) is 1. The Morgan fingerprint density at radius 2 is 0.924 bits per heavy atom. The predicted octanol–water partition coefficient (Wildman–Crippen LogP) is 15.4. The van der Waals surface area contributed by atoms with Gasteiger partial charge in [-0.1, -0.05) is 200 Å². The number of hydrogen-bond acceptors (Lipinski definition) is 5. The van der Waals surface area contributed by atoms with Gasteiger partial charge in [-0.25, -0.2) is 4.57 Å². The molecule has 3 N–H and O–H groups in total. The van der Waals surface area contributed by atoms with Crippen molar-refractivity contribution >= 4 is 13.7 Å². The molecular weight excluding hydrogens is 840 g/mol. The summed E-state index contributed by atoms with van der Waals surface area (Å²) in [5, 5.41) is 13.8. The molecule has 0 rings (SSSR count). The number of amides is 1. The summed E-state index contributed by atoms with van der Waals surface area (Å²) in [5.41, 5.74) is 0. The third-order valence-electron chi connectivity index (χ3n) is 10.6. The number of carbonyl (C=O) groups excluding carboxylic acids is 1. The van der Waals surface area contributed by atoms with Crippen LogP contribution in [0.1, 0.15) is 181 Å². The highest BCUT2D eigenvalue weighted by Gasteiger charge is 2.27. The molecule has 376 valence electrons. The quantitative estimate of drug-likeness (QED) is 0.0243. The van der Waals surface area contributed by atoms with E-state index < -0.39 is 20.0 Å². The summed E-state index contributed by atoms with van der Waals surface area (Å²) < 4.78 is 23.6. The lowest BCUT2D eigenvalue weighted by Crippen LogP contribution is -2.45. The molecule has 3 unspecified atom stereocenters. The summed E-state index contributed by atoms with van der Waals surface area (Å²) in [5.74, 6) is -0.254. The smallest absolute Gasteiger partial charge is 0.387 e. The number of nitrogens with one attached hydrogen (secondary N) is 1. The Labute approximate surface area is 405 Å². The lowest BCUT2D eigenvalue weighted by Gasteiger charge is -2.25. The van der Waals surface area contributed by atoms with E-state index in [1.807, 2.05) is 27.2 Å². The monoisotopic (exact) mass is 938 g/mol. The third-order valence-corrected chi connectivity index (χ3v) is 11.6. The molecule has 3 atom stereocenters. The fourth-order valence-electron chi connectivity index (χ4n) is 6.59. The zero-order valence-electron chi connectivity index (χ0n) is 42.6. The fourth-order valence-corrected chi connectivity index (χ4v) is 7.33. The second-order valence-corrected chi connectivity index (χ2v) is 19.6. The van der Waals surface area contributed by atoms with Crippen LogP contribution in [0.3, 0.4) is 0 Å². The van der Waals surface area contributed by atoms with E-state index >= 15 is 0 Å². The lowest BCUT2D eigenvalue weighted by molar-refractivity contribution is -0.870. The highest BCUT2D eigenvalue weighted by Crippen LogP contribution is 2.43. The van der Waals surface area contributed by atoms with E-state index in [1.165, 1.54) is 77.0 Å². The predicted molar refractivity (Wildman–Crippen MR) is 285 cm³/mol. The van der Waals surface area contributed by atoms with Crippen molar-refractivity contribution in [3.8, 4) is 0 Å². The number of hydrogen-bond donors (Lipinski definition) is 3. The Kier molecular flexibility index (Phi) is 44.8. The second-order valence-electron chi connectivity index (χ2n) is 18.1. The van der Waals surface area contributed by atoms with Crippen molar-refractivity contribution < 1.29 is 32.9 Å². The van der Waals surface area contributed by atoms with E-state index in [2.05, 4.69) is 129 Å². The van der Waals surface area contributed by atoms with Gasteiger partial charge in [0.25, 0.3) is 0 Å². The summed E-state index contributed by atoms with van der Waals surface area (Å²) in [7, 11) is 1.49. The summed E-state index contributed by atoms with van der Waals surface area (Å²) in [6.45, 7) is 4.61. The van der Waals surface area contributed by atoms with Gasteiger partial charge in [0.05, 0.1) is 39.9 Å². The minimum atomic E-state index is -4.38. The van der Waals surface area contributed by atoms with Crippen LogP contribution >= 0.6 is 7.82 Å². The first-order chi connectivity index (χ1) is 32.0. The minimum Gasteiger partial charge on any atom is -0.387 e. The number of aliphatic hydroxyl groups excluding tert-OH is 1. The topological polar surface area (TPSA) is 105 Å². The van der Waals surface area contributed by atoms with Gasteiger partial charge in [-0.05, 0) is 96.3 Å². The molecule has 0 fully saturated rings. The molecule has 0 aromatic heterocycles. The molecule has 0 heterocycles. The Morgan fingerprint density at radius 3 is 1.39 bits per heavy atom. The van der Waals surface area contributed by atoms with Gasteiger partial charge in [-0.15, -0.1) is 0 Å². The second kappa shape index (κ2) is 47.0. The number of allylic oxidation sites excluding steroid dienone is 19. The van der Waals surface area contributed by atoms with Crippen molar-refractivity contribution in [2.24, 2.45) is 0 Å². The van der Waals surface area contributed by atoms with Crippen LogP contribution in [0.2, 0.25) is 0 Å². The largest absolute Gasteiger partial charge is 0.472 e. The number of quaternary nitrogens is 1. The molecule has 0 aliphatic carbocycles. The van der Waals surface area contributed by atoms with E-state index in [4.69, 9.17) is 9.05 Å². The average molecular weight is 938 g/mol. The minimum absolute atomic E-state index is 0.0353. The van der Waals surface area contributed by atoms with Gasteiger partial charge >= 0.3 is 7.82 Å². The Bertz CT molecular complexity index is 1480. The Hall–Kier alpha value is -3.10. The van der Waals surface area contributed by atoms with Crippen LogP contribution in [-0.2, 0) is 18.4 Å². The molecule has 0 saturated heterocycles. The molecular formula is C57H98N2O6P+. The van der Waals surface area contributed by atoms with E-state index in [-0.39, 0.29) is 25.5 Å². The molecule has 1 amide bonds. The van der Waals surface area contributed by atoms with E-state index in [0.717, 1.165) is 77.0 Å². The van der Waals surface area contributed by atoms with Crippen molar-refractivity contribution in [2.75, 3.05) is 40.9 Å². The fraction of sp³-hybridized carbons (Fsp3) is 0.632. The first-order valence-electron chi connectivity index (χ1n) is 25.9. The first kappa shape index (κ1) is 62.9. The molecule has 0 aliphatic rings. The number of phosphoric ester groups is 1. The van der Waals surface area contributed by atoms with Gasteiger partial charge in [0, 0.05) is 6.42 Å². The van der Waals surface area contributed by atoms with Gasteiger partial charge in [0.15, 0.2) is 0 Å². The lowest BCUT2D eigenvalue weighted by atomic mass is 10.1. The van der Waals surface area contributed by atoms with Crippen molar-refractivity contribution in [1.82, 2.24) is 5.32 Å². The standard InChI is InChI=1S/C57H97N2O6P/c1-6-8-10-12-14-16-18-20-22-24-26-28-29-31-33-35-37-39-41-43-45-47-49-51-57(61)58-55(54-65-66(62,63)64-53-52-59(3,4)5)56(60)50-48-46-44-42-40-38-36-34-32-30-27-25-23-21-19-17-15-13-11-9-7-2/h8,10,14,16,20,22,26,28,31-34,37,39-40,42-43,45,48,50,55-56,60H,6-7,9,11-13,15,17-19,21,23-25,27,29-30,35-36,38,41,44,46-47,49,51-54H2,1-5H3,(H-,58,61,62,63)/p+1/b10-8-,16-14-,22-20-,28-26-,33-31-,34-32+,39-37-,42-40+,45-43-,50-48+. The Balaban J connectivity index is 4.54. The summed E-state index contributed by atoms with van der Waals surface area (Å²) >= 11 is 0. The molecule has 0 bridgehead atoms. The third kappa shape index (κ3) is 48.8. The Morgan fingerprint density at radius 1 is 0.530 bits per heavy atom. The number of unbranched alkanes of at least 4 members (excludes halogenated alkanes) is 14. The molecule has 9 heteroatoms. The van der Waals surface area contributed by atoms with Gasteiger partial charge in [-0.2, -0.15) is 0 Å². The highest BCUT2D eigenvalue weighted by molar-refractivity contribution is 7.47. The average Bonchev–Trinajstić information content (AvgIpc) is 3.28. The molecule has 0 aromatic carbocycles. The number of likely N-dealkylation sites (N-methyl/N-ethyl adjacent to an activating group) is 1. The van der Waals surface area contributed by atoms with Crippen molar-refractivity contribution in [1.29, 1.82) is 0 Å². The van der Waals surface area contributed by atoms with Crippen molar-refractivity contribution in [3.63, 3.8) is 0 Å². The SMILES string of the molecule is CC/C=C\C/C=C\C/C=C\C/C=C\C/C=C\C/C=C\C/C=C\CCCC(=O)NC(COP(=O)(O)OCC[N+](C)(C)C)C(O)/C=C/CC/C=C/CC/C=C/CCCCCCCCCCCCC. The van der Waals surface area contributed by atoms with Gasteiger partial charge in [-0.3, -0.25) is 13.8 Å². The first-order valence-corrected chi connectivity index (χ1v) is 27.4. The van der Waals surface area contributed by atoms with E-state index in [0.29, 0.717) is 17.4 Å². The number of rotatable bonds is 45. The number of aliphatic hydroxyl groups is 1. The maximum Gasteiger partial charge on any atom is 0.472 e. The molecule has 8 nitrogen and oxygen atoms in total. The zero-order chi connectivity index (χ0) is 48.5. The zero-order valence-corrected chi connectivity index (χ0v) is 43.5. The van der Waals surface area contributed by atoms with E-state index in [1.54, 1.807) is 6.08 Å². The van der Waals surface area contributed by atoms with Gasteiger partial charge in [0.1, 0.15) is 13.2 Å². The molecule has 0 radical (unpaired) electrons. The molecule has 0 saturated carbocycles. The van der Waals surface area contributed by atoms with Crippen LogP contribution < -0.4 is 5.32 Å². The van der Waals surface area contributed by atoms with Crippen LogP contribution in [0.25, 0.3) is 0 Å². The molecule has 66 heavy (non-hydrogen) atoms. The number of carbonyl (C=O) groups is 1. The maximum atomic E-state index is 12.9. The maximum absolute atomic E-state index is 12.9. The summed E-state index contributed by atoms with van der Waals surface area (Å²) in [4.78, 5) is 23.2. The van der Waals surface area contributed by atoms with Crippen LogP contribution in [0.15, 0.2) is 122 Å². The van der Waals surface area contributed by atoms with Crippen molar-refractivity contribution in [2.45, 2.75) is 193 Å². The summed E-state index contributed by atoms with van der Waals surface area (Å²) in [6, 6.07) is -0.910. The van der Waals surface area contributed by atoms with E-state index in [9.17, 15) is 19.4 Å². The molecule has 0 aromatic rings.